The monoisotopic (exact) mass is 421 g/mol. The van der Waals surface area contributed by atoms with Gasteiger partial charge < -0.3 is 10.6 Å². The zero-order valence-electron chi connectivity index (χ0n) is 17.1. The van der Waals surface area contributed by atoms with Gasteiger partial charge in [0.2, 0.25) is 5.91 Å². The molecule has 0 unspecified atom stereocenters. The van der Waals surface area contributed by atoms with Crippen LogP contribution in [0, 0.1) is 10.1 Å². The minimum atomic E-state index is -0.531. The standard InChI is InChI=1S/C22H23N5O4/c1-2-16-3-5-17(6-4-16)15-26-20(11-14-24-26)25-21(28)12-13-23-22(29)18-7-9-19(10-8-18)27(30)31/h3-11,14H,2,12-13,15H2,1H3,(H,23,29)(H,25,28). The molecule has 0 saturated carbocycles. The molecule has 0 aliphatic rings. The Morgan fingerprint density at radius 1 is 1.03 bits per heavy atom. The molecule has 2 amide bonds. The van der Waals surface area contributed by atoms with Gasteiger partial charge in [-0.05, 0) is 29.7 Å². The van der Waals surface area contributed by atoms with Gasteiger partial charge in [0.05, 0.1) is 17.7 Å². The van der Waals surface area contributed by atoms with E-state index in [2.05, 4.69) is 34.8 Å². The molecule has 9 heteroatoms. The van der Waals surface area contributed by atoms with Gasteiger partial charge in [-0.2, -0.15) is 5.10 Å². The van der Waals surface area contributed by atoms with Crippen LogP contribution in [-0.2, 0) is 17.8 Å². The normalized spacial score (nSPS) is 10.5. The Bertz CT molecular complexity index is 1060. The molecule has 160 valence electrons. The molecular weight excluding hydrogens is 398 g/mol. The smallest absolute Gasteiger partial charge is 0.269 e. The van der Waals surface area contributed by atoms with Crippen molar-refractivity contribution in [3.05, 3.63) is 87.6 Å². The molecule has 2 aromatic carbocycles. The molecule has 0 aliphatic carbocycles. The predicted octanol–water partition coefficient (Wildman–Crippen LogP) is 3.16. The number of nitrogens with zero attached hydrogens (tertiary/aromatic N) is 3. The third kappa shape index (κ3) is 5.99. The Hall–Kier alpha value is -4.01. The van der Waals surface area contributed by atoms with Crippen molar-refractivity contribution in [2.45, 2.75) is 26.3 Å². The number of rotatable bonds is 9. The van der Waals surface area contributed by atoms with Crippen LogP contribution in [-0.4, -0.2) is 33.1 Å². The summed E-state index contributed by atoms with van der Waals surface area (Å²) in [7, 11) is 0. The number of non-ortho nitro benzene ring substituents is 1. The van der Waals surface area contributed by atoms with Crippen LogP contribution in [0.3, 0.4) is 0 Å². The maximum atomic E-state index is 12.3. The summed E-state index contributed by atoms with van der Waals surface area (Å²) in [5.41, 5.74) is 2.53. The molecule has 0 spiro atoms. The van der Waals surface area contributed by atoms with Gasteiger partial charge in [-0.15, -0.1) is 0 Å². The maximum absolute atomic E-state index is 12.3. The van der Waals surface area contributed by atoms with Crippen molar-refractivity contribution in [1.82, 2.24) is 15.1 Å². The number of anilines is 1. The number of amides is 2. The lowest BCUT2D eigenvalue weighted by Crippen LogP contribution is -2.28. The lowest BCUT2D eigenvalue weighted by Gasteiger charge is -2.10. The van der Waals surface area contributed by atoms with Gasteiger partial charge >= 0.3 is 0 Å². The van der Waals surface area contributed by atoms with Gasteiger partial charge in [0.25, 0.3) is 11.6 Å². The van der Waals surface area contributed by atoms with Crippen LogP contribution >= 0.6 is 0 Å². The van der Waals surface area contributed by atoms with Crippen molar-refractivity contribution >= 4 is 23.3 Å². The molecule has 1 aromatic heterocycles. The summed E-state index contributed by atoms with van der Waals surface area (Å²) in [6.07, 6.45) is 2.67. The summed E-state index contributed by atoms with van der Waals surface area (Å²) in [5.74, 6) is -0.0818. The number of nitro groups is 1. The van der Waals surface area contributed by atoms with Crippen LogP contribution < -0.4 is 10.6 Å². The molecule has 0 aliphatic heterocycles. The highest BCUT2D eigenvalue weighted by Gasteiger charge is 2.11. The van der Waals surface area contributed by atoms with Gasteiger partial charge in [0.1, 0.15) is 5.82 Å². The number of nitro benzene ring substituents is 1. The molecule has 0 bridgehead atoms. The molecule has 3 rings (SSSR count). The summed E-state index contributed by atoms with van der Waals surface area (Å²) < 4.78 is 1.70. The van der Waals surface area contributed by atoms with Crippen molar-refractivity contribution in [2.75, 3.05) is 11.9 Å². The first-order valence-corrected chi connectivity index (χ1v) is 9.88. The van der Waals surface area contributed by atoms with Crippen molar-refractivity contribution in [3.8, 4) is 0 Å². The Labute approximate surface area is 179 Å². The number of nitrogens with one attached hydrogen (secondary N) is 2. The van der Waals surface area contributed by atoms with Gasteiger partial charge in [0, 0.05) is 36.7 Å². The number of hydrogen-bond donors (Lipinski definition) is 2. The van der Waals surface area contributed by atoms with Crippen LogP contribution in [0.5, 0.6) is 0 Å². The first-order valence-electron chi connectivity index (χ1n) is 9.88. The van der Waals surface area contributed by atoms with Crippen LogP contribution in [0.1, 0.15) is 34.8 Å². The third-order valence-electron chi connectivity index (χ3n) is 4.73. The predicted molar refractivity (Wildman–Crippen MR) is 116 cm³/mol. The van der Waals surface area contributed by atoms with Crippen LogP contribution in [0.25, 0.3) is 0 Å². The van der Waals surface area contributed by atoms with Crippen LogP contribution in [0.15, 0.2) is 60.8 Å². The highest BCUT2D eigenvalue weighted by molar-refractivity contribution is 5.95. The second kappa shape index (κ2) is 10.1. The second-order valence-corrected chi connectivity index (χ2v) is 6.90. The van der Waals surface area contributed by atoms with Crippen LogP contribution in [0.2, 0.25) is 0 Å². The summed E-state index contributed by atoms with van der Waals surface area (Å²) >= 11 is 0. The number of aryl methyl sites for hydroxylation is 1. The highest BCUT2D eigenvalue weighted by atomic mass is 16.6. The third-order valence-corrected chi connectivity index (χ3v) is 4.73. The van der Waals surface area contributed by atoms with Crippen molar-refractivity contribution in [2.24, 2.45) is 0 Å². The summed E-state index contributed by atoms with van der Waals surface area (Å²) in [6.45, 7) is 2.77. The number of carbonyl (C=O) groups excluding carboxylic acids is 2. The maximum Gasteiger partial charge on any atom is 0.269 e. The molecule has 2 N–H and O–H groups in total. The average Bonchev–Trinajstić information content (AvgIpc) is 3.20. The Morgan fingerprint density at radius 3 is 2.35 bits per heavy atom. The zero-order chi connectivity index (χ0) is 22.2. The molecule has 1 heterocycles. The lowest BCUT2D eigenvalue weighted by atomic mass is 10.1. The first kappa shape index (κ1) is 21.7. The summed E-state index contributed by atoms with van der Waals surface area (Å²) in [4.78, 5) is 34.5. The molecular formula is C22H23N5O4. The number of benzene rings is 2. The van der Waals surface area contributed by atoms with E-state index >= 15 is 0 Å². The zero-order valence-corrected chi connectivity index (χ0v) is 17.1. The fraction of sp³-hybridized carbons (Fsp3) is 0.227. The molecule has 9 nitrogen and oxygen atoms in total. The molecule has 0 fully saturated rings. The van der Waals surface area contributed by atoms with Gasteiger partial charge in [0.15, 0.2) is 0 Å². The Kier molecular flexibility index (Phi) is 7.10. The molecule has 3 aromatic rings. The van der Waals surface area contributed by atoms with E-state index in [1.54, 1.807) is 16.9 Å². The van der Waals surface area contributed by atoms with Crippen molar-refractivity contribution < 1.29 is 14.5 Å². The topological polar surface area (TPSA) is 119 Å². The summed E-state index contributed by atoms with van der Waals surface area (Å²) in [6, 6.07) is 15.2. The lowest BCUT2D eigenvalue weighted by molar-refractivity contribution is -0.384. The van der Waals surface area contributed by atoms with E-state index in [0.29, 0.717) is 12.4 Å². The quantitative estimate of drug-likeness (QED) is 0.406. The second-order valence-electron chi connectivity index (χ2n) is 6.90. The van der Waals surface area contributed by atoms with Crippen molar-refractivity contribution in [1.29, 1.82) is 0 Å². The number of hydrogen-bond acceptors (Lipinski definition) is 5. The highest BCUT2D eigenvalue weighted by Crippen LogP contribution is 2.13. The Balaban J connectivity index is 1.48. The number of carbonyl (C=O) groups is 2. The van der Waals surface area contributed by atoms with Gasteiger partial charge in [-0.1, -0.05) is 31.2 Å². The fourth-order valence-electron chi connectivity index (χ4n) is 2.95. The van der Waals surface area contributed by atoms with E-state index in [-0.39, 0.29) is 30.1 Å². The van der Waals surface area contributed by atoms with E-state index in [0.717, 1.165) is 12.0 Å². The fourth-order valence-corrected chi connectivity index (χ4v) is 2.95. The molecule has 0 radical (unpaired) electrons. The van der Waals surface area contributed by atoms with E-state index in [1.807, 2.05) is 12.1 Å². The minimum Gasteiger partial charge on any atom is -0.352 e. The first-order chi connectivity index (χ1) is 15.0. The van der Waals surface area contributed by atoms with Gasteiger partial charge in [-0.25, -0.2) is 4.68 Å². The number of aromatic nitrogens is 2. The van der Waals surface area contributed by atoms with Crippen molar-refractivity contribution in [3.63, 3.8) is 0 Å². The van der Waals surface area contributed by atoms with E-state index < -0.39 is 10.8 Å². The largest absolute Gasteiger partial charge is 0.352 e. The van der Waals surface area contributed by atoms with Gasteiger partial charge in [-0.3, -0.25) is 19.7 Å². The molecule has 0 atom stereocenters. The van der Waals surface area contributed by atoms with E-state index in [4.69, 9.17) is 0 Å². The molecule has 31 heavy (non-hydrogen) atoms. The minimum absolute atomic E-state index is 0.0785. The van der Waals surface area contributed by atoms with E-state index in [9.17, 15) is 19.7 Å². The van der Waals surface area contributed by atoms with Crippen LogP contribution in [0.4, 0.5) is 11.5 Å². The van der Waals surface area contributed by atoms with E-state index in [1.165, 1.54) is 29.8 Å². The molecule has 0 saturated heterocycles. The average molecular weight is 421 g/mol. The summed E-state index contributed by atoms with van der Waals surface area (Å²) in [5, 5.41) is 20.4. The SMILES string of the molecule is CCc1ccc(Cn2nccc2NC(=O)CCNC(=O)c2ccc([N+](=O)[O-])cc2)cc1. The Morgan fingerprint density at radius 2 is 1.71 bits per heavy atom.